The van der Waals surface area contributed by atoms with Gasteiger partial charge in [-0.15, -0.1) is 0 Å². The molecule has 2 aliphatic carbocycles. The van der Waals surface area contributed by atoms with Gasteiger partial charge in [-0.3, -0.25) is 4.79 Å². The second-order valence-electron chi connectivity index (χ2n) is 6.61. The molecule has 2 atom stereocenters. The molecule has 0 spiro atoms. The number of amides is 1. The van der Waals surface area contributed by atoms with E-state index in [2.05, 4.69) is 29.6 Å². The standard InChI is InChI=1S/C20H23Cl2NO/c21-16-12-9-13-17(22)19(16)23-20(24)18-14-10-7-5-3-1-2-4-6-8-11-15(14)18/h3-6,9,12-15,18H,1-2,7-8,10-11H2,(H,23,24)/b5-3-,6-4-/t14-,15-/m1/s1. The fraction of sp³-hybridized carbons (Fsp3) is 0.450. The van der Waals surface area contributed by atoms with E-state index in [1.807, 2.05) is 0 Å². The predicted octanol–water partition coefficient (Wildman–Crippen LogP) is 6.26. The Hall–Kier alpha value is -1.25. The largest absolute Gasteiger partial charge is 0.323 e. The van der Waals surface area contributed by atoms with Crippen LogP contribution >= 0.6 is 23.2 Å². The van der Waals surface area contributed by atoms with Crippen LogP contribution in [0.1, 0.15) is 38.5 Å². The maximum atomic E-state index is 12.7. The molecule has 1 aromatic carbocycles. The van der Waals surface area contributed by atoms with E-state index in [1.165, 1.54) is 0 Å². The van der Waals surface area contributed by atoms with Gasteiger partial charge in [0, 0.05) is 5.92 Å². The van der Waals surface area contributed by atoms with E-state index >= 15 is 0 Å². The first-order valence-corrected chi connectivity index (χ1v) is 9.49. The van der Waals surface area contributed by atoms with Crippen molar-refractivity contribution in [2.24, 2.45) is 17.8 Å². The third kappa shape index (κ3) is 4.23. The molecule has 1 amide bonds. The monoisotopic (exact) mass is 363 g/mol. The van der Waals surface area contributed by atoms with Gasteiger partial charge in [-0.1, -0.05) is 53.6 Å². The van der Waals surface area contributed by atoms with Crippen molar-refractivity contribution in [1.82, 2.24) is 0 Å². The molecule has 0 saturated heterocycles. The minimum absolute atomic E-state index is 0.0582. The molecule has 0 aliphatic heterocycles. The van der Waals surface area contributed by atoms with Crippen LogP contribution in [0.3, 0.4) is 0 Å². The summed E-state index contributed by atoms with van der Waals surface area (Å²) in [6.07, 6.45) is 15.5. The number of fused-ring (bicyclic) bond motifs is 1. The number of halogens is 2. The van der Waals surface area contributed by atoms with E-state index in [-0.39, 0.29) is 11.8 Å². The first kappa shape index (κ1) is 17.6. The number of hydrogen-bond donors (Lipinski definition) is 1. The van der Waals surface area contributed by atoms with Crippen molar-refractivity contribution in [1.29, 1.82) is 0 Å². The summed E-state index contributed by atoms with van der Waals surface area (Å²) in [5.41, 5.74) is 0.535. The normalized spacial score (nSPS) is 29.5. The number of allylic oxidation sites excluding steroid dienone is 4. The first-order valence-electron chi connectivity index (χ1n) is 8.73. The van der Waals surface area contributed by atoms with E-state index in [9.17, 15) is 4.79 Å². The van der Waals surface area contributed by atoms with Crippen molar-refractivity contribution in [3.8, 4) is 0 Å². The number of anilines is 1. The number of nitrogens with one attached hydrogen (secondary N) is 1. The van der Waals surface area contributed by atoms with Gasteiger partial charge in [0.1, 0.15) is 0 Å². The molecule has 0 unspecified atom stereocenters. The summed E-state index contributed by atoms with van der Waals surface area (Å²) in [5.74, 6) is 1.09. The highest BCUT2D eigenvalue weighted by molar-refractivity contribution is 6.39. The van der Waals surface area contributed by atoms with Crippen LogP contribution in [0.5, 0.6) is 0 Å². The maximum absolute atomic E-state index is 12.7. The second kappa shape index (κ2) is 8.22. The quantitative estimate of drug-likeness (QED) is 0.617. The van der Waals surface area contributed by atoms with Gasteiger partial charge >= 0.3 is 0 Å². The Bertz CT molecular complexity index is 609. The van der Waals surface area contributed by atoms with Gasteiger partial charge in [0.05, 0.1) is 15.7 Å². The lowest BCUT2D eigenvalue weighted by molar-refractivity contribution is -0.117. The maximum Gasteiger partial charge on any atom is 0.228 e. The molecule has 24 heavy (non-hydrogen) atoms. The van der Waals surface area contributed by atoms with E-state index in [4.69, 9.17) is 23.2 Å². The molecular formula is C20H23Cl2NO. The number of hydrogen-bond acceptors (Lipinski definition) is 1. The van der Waals surface area contributed by atoms with Crippen molar-refractivity contribution in [3.05, 3.63) is 52.5 Å². The van der Waals surface area contributed by atoms with Crippen LogP contribution in [-0.2, 0) is 4.79 Å². The fourth-order valence-electron chi connectivity index (χ4n) is 3.69. The second-order valence-corrected chi connectivity index (χ2v) is 7.43. The lowest BCUT2D eigenvalue weighted by Crippen LogP contribution is -2.16. The van der Waals surface area contributed by atoms with Crippen molar-refractivity contribution in [2.75, 3.05) is 5.32 Å². The number of para-hydroxylation sites is 1. The molecule has 0 heterocycles. The summed E-state index contributed by atoms with van der Waals surface area (Å²) >= 11 is 12.3. The zero-order valence-electron chi connectivity index (χ0n) is 13.7. The average molecular weight is 364 g/mol. The summed E-state index contributed by atoms with van der Waals surface area (Å²) in [6.45, 7) is 0. The van der Waals surface area contributed by atoms with Crippen molar-refractivity contribution in [2.45, 2.75) is 38.5 Å². The minimum atomic E-state index is 0.0582. The number of carbonyl (C=O) groups is 1. The predicted molar refractivity (Wildman–Crippen MR) is 102 cm³/mol. The van der Waals surface area contributed by atoms with Gasteiger partial charge in [0.25, 0.3) is 0 Å². The van der Waals surface area contributed by atoms with Gasteiger partial charge in [0.2, 0.25) is 5.91 Å². The number of benzene rings is 1. The molecule has 0 aromatic heterocycles. The Balaban J connectivity index is 1.66. The highest BCUT2D eigenvalue weighted by Gasteiger charge is 2.52. The molecule has 2 aliphatic rings. The van der Waals surface area contributed by atoms with Crippen LogP contribution in [0.4, 0.5) is 5.69 Å². The molecule has 3 rings (SSSR count). The molecule has 1 fully saturated rings. The topological polar surface area (TPSA) is 29.1 Å². The smallest absolute Gasteiger partial charge is 0.228 e. The first-order chi connectivity index (χ1) is 11.7. The van der Waals surface area contributed by atoms with Crippen LogP contribution in [0.25, 0.3) is 0 Å². The van der Waals surface area contributed by atoms with Crippen molar-refractivity contribution >= 4 is 34.8 Å². The van der Waals surface area contributed by atoms with Gasteiger partial charge < -0.3 is 5.32 Å². The van der Waals surface area contributed by atoms with Gasteiger partial charge in [-0.25, -0.2) is 0 Å². The third-order valence-electron chi connectivity index (χ3n) is 5.01. The molecule has 0 bridgehead atoms. The van der Waals surface area contributed by atoms with E-state index in [0.717, 1.165) is 38.5 Å². The van der Waals surface area contributed by atoms with Crippen molar-refractivity contribution in [3.63, 3.8) is 0 Å². The number of carbonyl (C=O) groups excluding carboxylic acids is 1. The Morgan fingerprint density at radius 2 is 1.38 bits per heavy atom. The summed E-state index contributed by atoms with van der Waals surface area (Å²) in [4.78, 5) is 12.7. The Morgan fingerprint density at radius 3 is 1.92 bits per heavy atom. The van der Waals surface area contributed by atoms with E-state index in [1.54, 1.807) is 18.2 Å². The minimum Gasteiger partial charge on any atom is -0.323 e. The van der Waals surface area contributed by atoms with Gasteiger partial charge in [-0.2, -0.15) is 0 Å². The van der Waals surface area contributed by atoms with Crippen LogP contribution in [-0.4, -0.2) is 5.91 Å². The van der Waals surface area contributed by atoms with Crippen LogP contribution in [0.15, 0.2) is 42.5 Å². The summed E-state index contributed by atoms with van der Waals surface area (Å²) in [5, 5.41) is 3.93. The average Bonchev–Trinajstić information content (AvgIpc) is 3.23. The van der Waals surface area contributed by atoms with E-state index < -0.39 is 0 Å². The highest BCUT2D eigenvalue weighted by atomic mass is 35.5. The van der Waals surface area contributed by atoms with Crippen LogP contribution in [0, 0.1) is 17.8 Å². The molecule has 4 heteroatoms. The highest BCUT2D eigenvalue weighted by Crippen LogP contribution is 2.53. The Morgan fingerprint density at radius 1 is 0.875 bits per heavy atom. The Labute approximate surface area is 153 Å². The van der Waals surface area contributed by atoms with Crippen LogP contribution < -0.4 is 5.32 Å². The zero-order chi connectivity index (χ0) is 16.9. The molecule has 1 saturated carbocycles. The SMILES string of the molecule is O=C(Nc1c(Cl)cccc1Cl)C1[C@@H]2CC/C=C\CC/C=C\CC[C@@H]12. The van der Waals surface area contributed by atoms with Gasteiger partial charge in [0.15, 0.2) is 0 Å². The third-order valence-corrected chi connectivity index (χ3v) is 5.64. The lowest BCUT2D eigenvalue weighted by Gasteiger charge is -2.09. The molecule has 1 N–H and O–H groups in total. The van der Waals surface area contributed by atoms with Crippen molar-refractivity contribution < 1.29 is 4.79 Å². The Kier molecular flexibility index (Phi) is 6.02. The summed E-state index contributed by atoms with van der Waals surface area (Å²) in [7, 11) is 0. The zero-order valence-corrected chi connectivity index (χ0v) is 15.2. The molecule has 2 nitrogen and oxygen atoms in total. The van der Waals surface area contributed by atoms with Crippen LogP contribution in [0.2, 0.25) is 10.0 Å². The molecule has 128 valence electrons. The van der Waals surface area contributed by atoms with Gasteiger partial charge in [-0.05, 0) is 62.5 Å². The molecule has 0 radical (unpaired) electrons. The summed E-state index contributed by atoms with van der Waals surface area (Å²) in [6, 6.07) is 5.27. The fourth-order valence-corrected chi connectivity index (χ4v) is 4.18. The lowest BCUT2D eigenvalue weighted by atomic mass is 10.1. The number of rotatable bonds is 2. The van der Waals surface area contributed by atoms with E-state index in [0.29, 0.717) is 27.6 Å². The summed E-state index contributed by atoms with van der Waals surface area (Å²) < 4.78 is 0. The molecule has 1 aromatic rings. The molecular weight excluding hydrogens is 341 g/mol.